The molecule has 0 unspecified atom stereocenters. The number of aromatic hydroxyl groups is 1. The SMILES string of the molecule is Cc1c(C)c(O)c(C)c(-c2ccccc2)c1C. The molecule has 2 rings (SSSR count). The molecule has 1 nitrogen and oxygen atoms in total. The molecule has 17 heavy (non-hydrogen) atoms. The van der Waals surface area contributed by atoms with Gasteiger partial charge in [-0.1, -0.05) is 30.3 Å². The maximum Gasteiger partial charge on any atom is 0.122 e. The third-order valence-corrected chi connectivity index (χ3v) is 3.65. The fourth-order valence-electron chi connectivity index (χ4n) is 2.37. The average Bonchev–Trinajstić information content (AvgIpc) is 2.36. The Hall–Kier alpha value is -1.76. The summed E-state index contributed by atoms with van der Waals surface area (Å²) in [5.41, 5.74) is 6.71. The maximum atomic E-state index is 10.2. The number of rotatable bonds is 1. The van der Waals surface area contributed by atoms with Crippen LogP contribution in [0.2, 0.25) is 0 Å². The van der Waals surface area contributed by atoms with E-state index >= 15 is 0 Å². The third-order valence-electron chi connectivity index (χ3n) is 3.65. The van der Waals surface area contributed by atoms with Crippen LogP contribution < -0.4 is 0 Å². The molecular formula is C16H18O. The summed E-state index contributed by atoms with van der Waals surface area (Å²) >= 11 is 0. The Balaban J connectivity index is 2.80. The molecule has 0 atom stereocenters. The van der Waals surface area contributed by atoms with Gasteiger partial charge in [-0.3, -0.25) is 0 Å². The van der Waals surface area contributed by atoms with E-state index in [0.717, 1.165) is 16.7 Å². The average molecular weight is 226 g/mol. The first-order chi connectivity index (χ1) is 8.04. The fourth-order valence-corrected chi connectivity index (χ4v) is 2.37. The van der Waals surface area contributed by atoms with Crippen molar-refractivity contribution >= 4 is 0 Å². The number of hydrogen-bond acceptors (Lipinski definition) is 1. The molecule has 0 aliphatic carbocycles. The molecule has 0 aliphatic heterocycles. The van der Waals surface area contributed by atoms with Crippen molar-refractivity contribution < 1.29 is 5.11 Å². The summed E-state index contributed by atoms with van der Waals surface area (Å²) in [4.78, 5) is 0. The van der Waals surface area contributed by atoms with E-state index < -0.39 is 0 Å². The van der Waals surface area contributed by atoms with Crippen LogP contribution in [0.25, 0.3) is 11.1 Å². The summed E-state index contributed by atoms with van der Waals surface area (Å²) in [5.74, 6) is 0.423. The van der Waals surface area contributed by atoms with E-state index in [1.807, 2.05) is 32.0 Å². The Morgan fingerprint density at radius 3 is 1.88 bits per heavy atom. The minimum atomic E-state index is 0.423. The highest BCUT2D eigenvalue weighted by atomic mass is 16.3. The van der Waals surface area contributed by atoms with E-state index in [2.05, 4.69) is 26.0 Å². The van der Waals surface area contributed by atoms with E-state index in [1.54, 1.807) is 0 Å². The maximum absolute atomic E-state index is 10.2. The highest BCUT2D eigenvalue weighted by molar-refractivity contribution is 5.75. The number of phenolic OH excluding ortho intramolecular Hbond substituents is 1. The first kappa shape index (κ1) is 11.7. The molecule has 2 aromatic rings. The zero-order chi connectivity index (χ0) is 12.6. The molecule has 88 valence electrons. The second kappa shape index (κ2) is 4.25. The van der Waals surface area contributed by atoms with Gasteiger partial charge in [-0.2, -0.15) is 0 Å². The van der Waals surface area contributed by atoms with Crippen molar-refractivity contribution in [3.8, 4) is 16.9 Å². The quantitative estimate of drug-likeness (QED) is 0.769. The predicted molar refractivity (Wildman–Crippen MR) is 72.5 cm³/mol. The van der Waals surface area contributed by atoms with Gasteiger partial charge in [0.25, 0.3) is 0 Å². The van der Waals surface area contributed by atoms with Crippen molar-refractivity contribution in [1.29, 1.82) is 0 Å². The third kappa shape index (κ3) is 1.82. The van der Waals surface area contributed by atoms with Crippen LogP contribution in [0.5, 0.6) is 5.75 Å². The van der Waals surface area contributed by atoms with Gasteiger partial charge in [-0.05, 0) is 61.1 Å². The van der Waals surface area contributed by atoms with E-state index in [1.165, 1.54) is 16.7 Å². The fraction of sp³-hybridized carbons (Fsp3) is 0.250. The number of hydrogen-bond donors (Lipinski definition) is 1. The summed E-state index contributed by atoms with van der Waals surface area (Å²) in [6.07, 6.45) is 0. The molecule has 0 heterocycles. The van der Waals surface area contributed by atoms with Crippen molar-refractivity contribution in [1.82, 2.24) is 0 Å². The standard InChI is InChI=1S/C16H18O/c1-10-11(2)15(13(4)16(17)12(10)3)14-8-6-5-7-9-14/h5-9,17H,1-4H3. The Bertz CT molecular complexity index is 524. The van der Waals surface area contributed by atoms with Crippen LogP contribution in [0.15, 0.2) is 30.3 Å². The molecule has 0 fully saturated rings. The number of phenols is 1. The molecule has 0 saturated carbocycles. The molecule has 0 radical (unpaired) electrons. The molecule has 0 spiro atoms. The Morgan fingerprint density at radius 2 is 1.29 bits per heavy atom. The summed E-state index contributed by atoms with van der Waals surface area (Å²) in [7, 11) is 0. The monoisotopic (exact) mass is 226 g/mol. The van der Waals surface area contributed by atoms with Gasteiger partial charge in [-0.25, -0.2) is 0 Å². The second-order valence-electron chi connectivity index (χ2n) is 4.59. The normalized spacial score (nSPS) is 10.6. The minimum Gasteiger partial charge on any atom is -0.507 e. The summed E-state index contributed by atoms with van der Waals surface area (Å²) in [6, 6.07) is 10.2. The van der Waals surface area contributed by atoms with Crippen LogP contribution >= 0.6 is 0 Å². The largest absolute Gasteiger partial charge is 0.507 e. The van der Waals surface area contributed by atoms with Gasteiger partial charge >= 0.3 is 0 Å². The van der Waals surface area contributed by atoms with E-state index in [0.29, 0.717) is 5.75 Å². The van der Waals surface area contributed by atoms with Crippen molar-refractivity contribution in [2.75, 3.05) is 0 Å². The van der Waals surface area contributed by atoms with Gasteiger partial charge in [-0.15, -0.1) is 0 Å². The lowest BCUT2D eigenvalue weighted by Crippen LogP contribution is -1.96. The first-order valence-corrected chi connectivity index (χ1v) is 5.88. The molecule has 0 aromatic heterocycles. The molecule has 0 amide bonds. The van der Waals surface area contributed by atoms with E-state index in [-0.39, 0.29) is 0 Å². The van der Waals surface area contributed by atoms with E-state index in [9.17, 15) is 5.11 Å². The van der Waals surface area contributed by atoms with Crippen molar-refractivity contribution in [3.05, 3.63) is 52.6 Å². The van der Waals surface area contributed by atoms with Crippen LogP contribution in [-0.2, 0) is 0 Å². The van der Waals surface area contributed by atoms with Crippen LogP contribution in [0.1, 0.15) is 22.3 Å². The van der Waals surface area contributed by atoms with Crippen LogP contribution in [0, 0.1) is 27.7 Å². The lowest BCUT2D eigenvalue weighted by molar-refractivity contribution is 0.466. The van der Waals surface area contributed by atoms with Crippen molar-refractivity contribution in [2.45, 2.75) is 27.7 Å². The lowest BCUT2D eigenvalue weighted by atomic mass is 9.89. The molecule has 1 N–H and O–H groups in total. The van der Waals surface area contributed by atoms with Crippen LogP contribution in [-0.4, -0.2) is 5.11 Å². The molecule has 0 saturated heterocycles. The van der Waals surface area contributed by atoms with Gasteiger partial charge in [0.15, 0.2) is 0 Å². The van der Waals surface area contributed by atoms with E-state index in [4.69, 9.17) is 0 Å². The highest BCUT2D eigenvalue weighted by Crippen LogP contribution is 2.37. The number of benzene rings is 2. The molecular weight excluding hydrogens is 208 g/mol. The smallest absolute Gasteiger partial charge is 0.122 e. The molecule has 0 aliphatic rings. The predicted octanol–water partition coefficient (Wildman–Crippen LogP) is 4.29. The summed E-state index contributed by atoms with van der Waals surface area (Å²) < 4.78 is 0. The highest BCUT2D eigenvalue weighted by Gasteiger charge is 2.14. The topological polar surface area (TPSA) is 20.2 Å². The van der Waals surface area contributed by atoms with Crippen molar-refractivity contribution in [3.63, 3.8) is 0 Å². The molecule has 0 bridgehead atoms. The minimum absolute atomic E-state index is 0.423. The van der Waals surface area contributed by atoms with Gasteiger partial charge in [0, 0.05) is 0 Å². The lowest BCUT2D eigenvalue weighted by Gasteiger charge is -2.17. The van der Waals surface area contributed by atoms with Gasteiger partial charge in [0.1, 0.15) is 5.75 Å². The van der Waals surface area contributed by atoms with Crippen LogP contribution in [0.3, 0.4) is 0 Å². The summed E-state index contributed by atoms with van der Waals surface area (Å²) in [6.45, 7) is 8.14. The van der Waals surface area contributed by atoms with Gasteiger partial charge < -0.3 is 5.11 Å². The Labute approximate surface area is 103 Å². The first-order valence-electron chi connectivity index (χ1n) is 5.88. The molecule has 1 heteroatoms. The molecule has 2 aromatic carbocycles. The Morgan fingerprint density at radius 1 is 0.706 bits per heavy atom. The van der Waals surface area contributed by atoms with Gasteiger partial charge in [0.2, 0.25) is 0 Å². The van der Waals surface area contributed by atoms with Crippen molar-refractivity contribution in [2.24, 2.45) is 0 Å². The zero-order valence-electron chi connectivity index (χ0n) is 10.8. The van der Waals surface area contributed by atoms with Gasteiger partial charge in [0.05, 0.1) is 0 Å². The zero-order valence-corrected chi connectivity index (χ0v) is 10.8. The summed E-state index contributed by atoms with van der Waals surface area (Å²) in [5, 5.41) is 10.2. The van der Waals surface area contributed by atoms with Crippen LogP contribution in [0.4, 0.5) is 0 Å². The Kier molecular flexibility index (Phi) is 2.93. The second-order valence-corrected chi connectivity index (χ2v) is 4.59.